The molecule has 2 aromatic heterocycles. The zero-order valence-corrected chi connectivity index (χ0v) is 11.1. The summed E-state index contributed by atoms with van der Waals surface area (Å²) >= 11 is 5.60. The van der Waals surface area contributed by atoms with Crippen LogP contribution in [0.15, 0.2) is 22.6 Å². The molecule has 96 valence electrons. The predicted octanol–water partition coefficient (Wildman–Crippen LogP) is 3.21. The van der Waals surface area contributed by atoms with Crippen LogP contribution in [-0.2, 0) is 5.41 Å². The Balaban J connectivity index is 2.10. The molecular weight excluding hydrogens is 254 g/mol. The minimum atomic E-state index is -0.381. The molecule has 0 aromatic carbocycles. The molecule has 2 heterocycles. The Morgan fingerprint density at radius 3 is 2.67 bits per heavy atom. The third kappa shape index (κ3) is 2.73. The first-order valence-corrected chi connectivity index (χ1v) is 5.86. The summed E-state index contributed by atoms with van der Waals surface area (Å²) in [7, 11) is 0. The molecule has 0 radical (unpaired) electrons. The van der Waals surface area contributed by atoms with Crippen LogP contribution in [-0.4, -0.2) is 16.1 Å². The van der Waals surface area contributed by atoms with E-state index in [4.69, 9.17) is 16.0 Å². The average Bonchev–Trinajstić information content (AvgIpc) is 2.85. The van der Waals surface area contributed by atoms with Crippen molar-refractivity contribution in [1.29, 1.82) is 0 Å². The third-order valence-corrected chi connectivity index (χ3v) is 2.63. The van der Waals surface area contributed by atoms with Crippen LogP contribution in [0.3, 0.4) is 0 Å². The van der Waals surface area contributed by atoms with Crippen molar-refractivity contribution in [1.82, 2.24) is 10.2 Å². The molecule has 0 saturated heterocycles. The van der Waals surface area contributed by atoms with E-state index in [1.807, 2.05) is 0 Å². The fraction of sp³-hybridized carbons (Fsp3) is 0.333. The second-order valence-corrected chi connectivity index (χ2v) is 5.35. The molecule has 0 aliphatic carbocycles. The summed E-state index contributed by atoms with van der Waals surface area (Å²) in [4.78, 5) is 11.8. The molecule has 1 amide bonds. The second-order valence-electron chi connectivity index (χ2n) is 4.97. The number of halogens is 1. The van der Waals surface area contributed by atoms with Crippen LogP contribution in [0.25, 0.3) is 0 Å². The topological polar surface area (TPSA) is 70.9 Å². The Morgan fingerprint density at radius 2 is 2.17 bits per heavy atom. The fourth-order valence-electron chi connectivity index (χ4n) is 1.38. The van der Waals surface area contributed by atoms with Crippen molar-refractivity contribution in [2.75, 3.05) is 5.32 Å². The fourth-order valence-corrected chi connectivity index (χ4v) is 1.53. The Hall–Kier alpha value is -1.75. The molecule has 5 nitrogen and oxygen atoms in total. The van der Waals surface area contributed by atoms with Gasteiger partial charge >= 0.3 is 0 Å². The van der Waals surface area contributed by atoms with Gasteiger partial charge in [-0.15, -0.1) is 0 Å². The number of furan rings is 1. The monoisotopic (exact) mass is 267 g/mol. The maximum atomic E-state index is 11.8. The summed E-state index contributed by atoms with van der Waals surface area (Å²) in [5.41, 5.74) is 0.888. The van der Waals surface area contributed by atoms with Gasteiger partial charge in [-0.1, -0.05) is 20.8 Å². The van der Waals surface area contributed by atoms with Crippen molar-refractivity contribution in [3.8, 4) is 0 Å². The van der Waals surface area contributed by atoms with Crippen LogP contribution in [0.1, 0.15) is 37.0 Å². The van der Waals surface area contributed by atoms with Gasteiger partial charge in [0.25, 0.3) is 5.91 Å². The smallest absolute Gasteiger partial charge is 0.292 e. The Morgan fingerprint density at radius 1 is 1.44 bits per heavy atom. The molecule has 2 N–H and O–H groups in total. The lowest BCUT2D eigenvalue weighted by atomic mass is 9.92. The maximum Gasteiger partial charge on any atom is 0.292 e. The van der Waals surface area contributed by atoms with E-state index in [-0.39, 0.29) is 22.3 Å². The standard InChI is InChI=1S/C12H14ClN3O2/c1-12(2,3)8-6-10(16-15-8)14-11(17)7-4-5-9(13)18-7/h4-6H,1-3H3,(H2,14,15,16,17). The highest BCUT2D eigenvalue weighted by molar-refractivity contribution is 6.29. The van der Waals surface area contributed by atoms with E-state index < -0.39 is 0 Å². The van der Waals surface area contributed by atoms with E-state index in [0.717, 1.165) is 5.69 Å². The first-order valence-electron chi connectivity index (χ1n) is 5.49. The molecule has 6 heteroatoms. The van der Waals surface area contributed by atoms with Crippen molar-refractivity contribution < 1.29 is 9.21 Å². The van der Waals surface area contributed by atoms with Gasteiger partial charge in [0.2, 0.25) is 0 Å². The van der Waals surface area contributed by atoms with Gasteiger partial charge in [-0.2, -0.15) is 5.10 Å². The normalized spacial score (nSPS) is 11.6. The highest BCUT2D eigenvalue weighted by atomic mass is 35.5. The summed E-state index contributed by atoms with van der Waals surface area (Å²) in [6, 6.07) is 4.82. The number of nitrogens with zero attached hydrogens (tertiary/aromatic N) is 1. The average molecular weight is 268 g/mol. The molecule has 0 bridgehead atoms. The number of aromatic nitrogens is 2. The van der Waals surface area contributed by atoms with E-state index in [9.17, 15) is 4.79 Å². The number of carbonyl (C=O) groups excluding carboxylic acids is 1. The number of nitrogens with one attached hydrogen (secondary N) is 2. The summed E-state index contributed by atoms with van der Waals surface area (Å²) in [5, 5.41) is 9.72. The van der Waals surface area contributed by atoms with Gasteiger partial charge < -0.3 is 9.73 Å². The maximum absolute atomic E-state index is 11.8. The molecule has 0 unspecified atom stereocenters. The predicted molar refractivity (Wildman–Crippen MR) is 69.0 cm³/mol. The Bertz CT molecular complexity index is 566. The van der Waals surface area contributed by atoms with Crippen LogP contribution in [0, 0.1) is 0 Å². The summed E-state index contributed by atoms with van der Waals surface area (Å²) < 4.78 is 5.01. The first kappa shape index (κ1) is 12.7. The zero-order chi connectivity index (χ0) is 13.3. The molecular formula is C12H14ClN3O2. The molecule has 2 rings (SSSR count). The molecule has 0 atom stereocenters. The molecule has 2 aromatic rings. The summed E-state index contributed by atoms with van der Waals surface area (Å²) in [5.74, 6) is 0.228. The lowest BCUT2D eigenvalue weighted by molar-refractivity contribution is 0.0996. The number of anilines is 1. The van der Waals surface area contributed by atoms with Gasteiger partial charge in [0.15, 0.2) is 16.8 Å². The lowest BCUT2D eigenvalue weighted by Gasteiger charge is -2.14. The number of carbonyl (C=O) groups is 1. The highest BCUT2D eigenvalue weighted by Crippen LogP contribution is 2.22. The first-order chi connectivity index (χ1) is 8.36. The summed E-state index contributed by atoms with van der Waals surface area (Å²) in [6.07, 6.45) is 0. The highest BCUT2D eigenvalue weighted by Gasteiger charge is 2.18. The molecule has 0 fully saturated rings. The second kappa shape index (κ2) is 4.49. The number of H-pyrrole nitrogens is 1. The molecule has 0 aliphatic heterocycles. The number of hydrogen-bond acceptors (Lipinski definition) is 3. The minimum Gasteiger partial charge on any atom is -0.440 e. The van der Waals surface area contributed by atoms with Gasteiger partial charge in [-0.3, -0.25) is 9.89 Å². The number of rotatable bonds is 2. The van der Waals surface area contributed by atoms with E-state index in [0.29, 0.717) is 5.82 Å². The van der Waals surface area contributed by atoms with Gasteiger partial charge in [-0.25, -0.2) is 0 Å². The molecule has 18 heavy (non-hydrogen) atoms. The number of hydrogen-bond donors (Lipinski definition) is 2. The number of amides is 1. The Labute approximate surface area is 110 Å². The SMILES string of the molecule is CC(C)(C)c1cc(NC(=O)c2ccc(Cl)o2)n[nH]1. The lowest BCUT2D eigenvalue weighted by Crippen LogP contribution is -2.12. The van der Waals surface area contributed by atoms with Crippen LogP contribution in [0.2, 0.25) is 5.22 Å². The van der Waals surface area contributed by atoms with Crippen LogP contribution in [0.4, 0.5) is 5.82 Å². The zero-order valence-electron chi connectivity index (χ0n) is 10.4. The van der Waals surface area contributed by atoms with Crippen LogP contribution >= 0.6 is 11.6 Å². The largest absolute Gasteiger partial charge is 0.440 e. The van der Waals surface area contributed by atoms with Crippen molar-refractivity contribution in [3.05, 3.63) is 34.9 Å². The van der Waals surface area contributed by atoms with Crippen molar-refractivity contribution in [2.45, 2.75) is 26.2 Å². The Kier molecular flexibility index (Phi) is 3.17. The summed E-state index contributed by atoms with van der Waals surface area (Å²) in [6.45, 7) is 6.16. The van der Waals surface area contributed by atoms with Crippen molar-refractivity contribution >= 4 is 23.3 Å². The van der Waals surface area contributed by atoms with Crippen molar-refractivity contribution in [3.63, 3.8) is 0 Å². The van der Waals surface area contributed by atoms with Gasteiger partial charge in [0, 0.05) is 17.2 Å². The van der Waals surface area contributed by atoms with E-state index >= 15 is 0 Å². The van der Waals surface area contributed by atoms with E-state index in [2.05, 4.69) is 36.3 Å². The third-order valence-electron chi connectivity index (χ3n) is 2.42. The molecule has 0 spiro atoms. The van der Waals surface area contributed by atoms with Gasteiger partial charge in [-0.05, 0) is 23.7 Å². The van der Waals surface area contributed by atoms with Crippen LogP contribution in [0.5, 0.6) is 0 Å². The molecule has 0 saturated carbocycles. The van der Waals surface area contributed by atoms with Crippen LogP contribution < -0.4 is 5.32 Å². The minimum absolute atomic E-state index is 0.0516. The van der Waals surface area contributed by atoms with E-state index in [1.165, 1.54) is 12.1 Å². The molecule has 0 aliphatic rings. The number of aromatic amines is 1. The van der Waals surface area contributed by atoms with Gasteiger partial charge in [0.1, 0.15) is 0 Å². The van der Waals surface area contributed by atoms with Gasteiger partial charge in [0.05, 0.1) is 0 Å². The van der Waals surface area contributed by atoms with E-state index in [1.54, 1.807) is 6.07 Å². The quantitative estimate of drug-likeness (QED) is 0.878. The van der Waals surface area contributed by atoms with Crippen molar-refractivity contribution in [2.24, 2.45) is 0 Å².